The van der Waals surface area contributed by atoms with Crippen molar-refractivity contribution in [1.82, 2.24) is 20.1 Å². The molecule has 0 saturated carbocycles. The summed E-state index contributed by atoms with van der Waals surface area (Å²) in [5.41, 5.74) is 1.20. The van der Waals surface area contributed by atoms with Crippen LogP contribution in [0, 0.1) is 6.92 Å². The number of aromatic nitrogens is 3. The van der Waals surface area contributed by atoms with Gasteiger partial charge in [0.15, 0.2) is 11.5 Å². The van der Waals surface area contributed by atoms with E-state index in [2.05, 4.69) is 21.6 Å². The lowest BCUT2D eigenvalue weighted by Gasteiger charge is -2.10. The molecule has 1 aromatic carbocycles. The van der Waals surface area contributed by atoms with E-state index in [-0.39, 0.29) is 0 Å². The van der Waals surface area contributed by atoms with Crippen LogP contribution in [0.3, 0.4) is 0 Å². The number of aryl methyl sites for hydroxylation is 1. The van der Waals surface area contributed by atoms with Gasteiger partial charge in [-0.05, 0) is 37.6 Å². The first-order valence-electron chi connectivity index (χ1n) is 6.92. The monoisotopic (exact) mass is 290 g/mol. The minimum atomic E-state index is 0.713. The van der Waals surface area contributed by atoms with E-state index in [4.69, 9.17) is 9.47 Å². The Morgan fingerprint density at radius 2 is 1.90 bits per heavy atom. The van der Waals surface area contributed by atoms with Gasteiger partial charge in [-0.2, -0.15) is 0 Å². The lowest BCUT2D eigenvalue weighted by Crippen LogP contribution is -2.19. The average molecular weight is 290 g/mol. The molecule has 21 heavy (non-hydrogen) atoms. The first kappa shape index (κ1) is 15.3. The molecule has 2 aromatic rings. The number of rotatable bonds is 7. The predicted molar refractivity (Wildman–Crippen MR) is 80.7 cm³/mol. The van der Waals surface area contributed by atoms with Crippen molar-refractivity contribution < 1.29 is 9.47 Å². The number of hydrogen-bond donors (Lipinski definition) is 1. The first-order valence-corrected chi connectivity index (χ1v) is 6.92. The summed E-state index contributed by atoms with van der Waals surface area (Å²) < 4.78 is 12.5. The van der Waals surface area contributed by atoms with Gasteiger partial charge >= 0.3 is 0 Å². The Hall–Kier alpha value is -2.08. The maximum atomic E-state index is 5.30. The summed E-state index contributed by atoms with van der Waals surface area (Å²) in [7, 11) is 5.26. The molecule has 2 rings (SSSR count). The van der Waals surface area contributed by atoms with Crippen molar-refractivity contribution in [3.05, 3.63) is 35.4 Å². The smallest absolute Gasteiger partial charge is 0.160 e. The molecule has 0 aliphatic heterocycles. The zero-order valence-corrected chi connectivity index (χ0v) is 13.0. The van der Waals surface area contributed by atoms with Gasteiger partial charge in [0.1, 0.15) is 11.6 Å². The molecule has 0 spiro atoms. The van der Waals surface area contributed by atoms with E-state index >= 15 is 0 Å². The second-order valence-electron chi connectivity index (χ2n) is 4.84. The van der Waals surface area contributed by atoms with Crippen molar-refractivity contribution in [3.8, 4) is 11.5 Å². The molecular weight excluding hydrogens is 268 g/mol. The molecule has 6 heteroatoms. The lowest BCUT2D eigenvalue weighted by atomic mass is 10.1. The molecule has 114 valence electrons. The zero-order chi connectivity index (χ0) is 15.2. The Morgan fingerprint density at radius 1 is 1.14 bits per heavy atom. The summed E-state index contributed by atoms with van der Waals surface area (Å²) in [6, 6.07) is 5.99. The quantitative estimate of drug-likeness (QED) is 0.783. The van der Waals surface area contributed by atoms with Gasteiger partial charge in [0.05, 0.1) is 20.8 Å². The average Bonchev–Trinajstić information content (AvgIpc) is 2.83. The molecule has 0 radical (unpaired) electrons. The van der Waals surface area contributed by atoms with E-state index in [0.29, 0.717) is 6.54 Å². The summed E-state index contributed by atoms with van der Waals surface area (Å²) in [6.07, 6.45) is 0.914. The van der Waals surface area contributed by atoms with Crippen LogP contribution in [0.2, 0.25) is 0 Å². The van der Waals surface area contributed by atoms with Crippen molar-refractivity contribution >= 4 is 0 Å². The molecule has 0 aliphatic carbocycles. The Bertz CT molecular complexity index is 595. The van der Waals surface area contributed by atoms with Crippen molar-refractivity contribution in [1.29, 1.82) is 0 Å². The van der Waals surface area contributed by atoms with Gasteiger partial charge in [0, 0.05) is 7.05 Å². The highest BCUT2D eigenvalue weighted by Gasteiger charge is 2.06. The Kier molecular flexibility index (Phi) is 5.16. The topological polar surface area (TPSA) is 61.2 Å². The molecule has 1 aromatic heterocycles. The number of benzene rings is 1. The van der Waals surface area contributed by atoms with Gasteiger partial charge in [0.25, 0.3) is 0 Å². The Morgan fingerprint density at radius 3 is 2.52 bits per heavy atom. The number of methoxy groups -OCH3 is 2. The van der Waals surface area contributed by atoms with Crippen LogP contribution in [-0.2, 0) is 20.0 Å². The van der Waals surface area contributed by atoms with E-state index in [1.54, 1.807) is 14.2 Å². The highest BCUT2D eigenvalue weighted by molar-refractivity contribution is 5.42. The summed E-state index contributed by atoms with van der Waals surface area (Å²) in [5.74, 6) is 3.38. The molecule has 0 bridgehead atoms. The Balaban J connectivity index is 1.85. The second-order valence-corrected chi connectivity index (χ2v) is 4.84. The normalized spacial score (nSPS) is 10.7. The highest BCUT2D eigenvalue weighted by Crippen LogP contribution is 2.27. The van der Waals surface area contributed by atoms with E-state index < -0.39 is 0 Å². The van der Waals surface area contributed by atoms with Crippen molar-refractivity contribution in [2.24, 2.45) is 7.05 Å². The minimum Gasteiger partial charge on any atom is -0.493 e. The summed E-state index contributed by atoms with van der Waals surface area (Å²) in [5, 5.41) is 11.5. The molecule has 0 amide bonds. The van der Waals surface area contributed by atoms with Gasteiger partial charge in [-0.3, -0.25) is 0 Å². The van der Waals surface area contributed by atoms with Crippen LogP contribution in [0.1, 0.15) is 17.2 Å². The molecule has 1 heterocycles. The van der Waals surface area contributed by atoms with Crippen LogP contribution in [0.4, 0.5) is 0 Å². The fraction of sp³-hybridized carbons (Fsp3) is 0.467. The fourth-order valence-corrected chi connectivity index (χ4v) is 2.07. The first-order chi connectivity index (χ1) is 10.2. The number of nitrogens with zero attached hydrogens (tertiary/aromatic N) is 3. The van der Waals surface area contributed by atoms with Crippen LogP contribution in [0.15, 0.2) is 18.2 Å². The van der Waals surface area contributed by atoms with Gasteiger partial charge in [-0.15, -0.1) is 10.2 Å². The van der Waals surface area contributed by atoms with Crippen LogP contribution in [0.25, 0.3) is 0 Å². The van der Waals surface area contributed by atoms with Gasteiger partial charge in [0.2, 0.25) is 0 Å². The summed E-state index contributed by atoms with van der Waals surface area (Å²) >= 11 is 0. The van der Waals surface area contributed by atoms with Gasteiger partial charge in [-0.25, -0.2) is 0 Å². The molecule has 6 nitrogen and oxygen atoms in total. The minimum absolute atomic E-state index is 0.713. The van der Waals surface area contributed by atoms with Crippen LogP contribution in [-0.4, -0.2) is 35.5 Å². The standard InChI is InChI=1S/C15H22N4O2/c1-11-17-18-15(19(11)2)10-16-8-7-12-5-6-13(20-3)14(9-12)21-4/h5-6,9,16H,7-8,10H2,1-4H3. The third kappa shape index (κ3) is 3.72. The number of ether oxygens (including phenoxy) is 2. The van der Waals surface area contributed by atoms with Crippen molar-refractivity contribution in [3.63, 3.8) is 0 Å². The Labute approximate surface area is 125 Å². The van der Waals surface area contributed by atoms with Gasteiger partial charge in [-0.1, -0.05) is 6.07 Å². The van der Waals surface area contributed by atoms with Crippen molar-refractivity contribution in [2.75, 3.05) is 20.8 Å². The molecule has 0 unspecified atom stereocenters. The van der Waals surface area contributed by atoms with Crippen LogP contribution >= 0.6 is 0 Å². The maximum Gasteiger partial charge on any atom is 0.160 e. The molecule has 0 aliphatic rings. The van der Waals surface area contributed by atoms with Crippen LogP contribution in [0.5, 0.6) is 11.5 Å². The van der Waals surface area contributed by atoms with E-state index in [0.717, 1.165) is 36.1 Å². The summed E-state index contributed by atoms with van der Waals surface area (Å²) in [4.78, 5) is 0. The van der Waals surface area contributed by atoms with Crippen LogP contribution < -0.4 is 14.8 Å². The third-order valence-electron chi connectivity index (χ3n) is 3.50. The number of nitrogens with one attached hydrogen (secondary N) is 1. The molecule has 1 N–H and O–H groups in total. The highest BCUT2D eigenvalue weighted by atomic mass is 16.5. The van der Waals surface area contributed by atoms with Crippen molar-refractivity contribution in [2.45, 2.75) is 19.9 Å². The largest absolute Gasteiger partial charge is 0.493 e. The zero-order valence-electron chi connectivity index (χ0n) is 13.0. The summed E-state index contributed by atoms with van der Waals surface area (Å²) in [6.45, 7) is 3.52. The molecule has 0 atom stereocenters. The SMILES string of the molecule is COc1ccc(CCNCc2nnc(C)n2C)cc1OC. The lowest BCUT2D eigenvalue weighted by molar-refractivity contribution is 0.354. The van der Waals surface area contributed by atoms with Gasteiger partial charge < -0.3 is 19.4 Å². The maximum absolute atomic E-state index is 5.30. The predicted octanol–water partition coefficient (Wildman–Crippen LogP) is 1.47. The van der Waals surface area contributed by atoms with E-state index in [1.165, 1.54) is 5.56 Å². The third-order valence-corrected chi connectivity index (χ3v) is 3.50. The fourth-order valence-electron chi connectivity index (χ4n) is 2.07. The molecule has 0 saturated heterocycles. The van der Waals surface area contributed by atoms with E-state index in [1.807, 2.05) is 30.7 Å². The van der Waals surface area contributed by atoms with E-state index in [9.17, 15) is 0 Å². The molecular formula is C15H22N4O2. The molecule has 0 fully saturated rings. The second kappa shape index (κ2) is 7.08. The number of hydrogen-bond acceptors (Lipinski definition) is 5.